The minimum atomic E-state index is 0.0599. The first-order chi connectivity index (χ1) is 4.70. The Hall–Kier alpha value is -0.840. The van der Waals surface area contributed by atoms with E-state index in [9.17, 15) is 4.79 Å². The van der Waals surface area contributed by atoms with Crippen molar-refractivity contribution in [3.8, 4) is 0 Å². The Morgan fingerprint density at radius 1 is 1.70 bits per heavy atom. The van der Waals surface area contributed by atoms with Gasteiger partial charge < -0.3 is 4.85 Å². The molecule has 0 fully saturated rings. The monoisotopic (exact) mass is 139 g/mol. The van der Waals surface area contributed by atoms with Crippen molar-refractivity contribution in [1.82, 2.24) is 0 Å². The maximum Gasteiger partial charge on any atom is 0.272 e. The summed E-state index contributed by atoms with van der Waals surface area (Å²) < 4.78 is 0. The molecule has 0 aliphatic rings. The van der Waals surface area contributed by atoms with E-state index in [1.807, 2.05) is 6.92 Å². The summed E-state index contributed by atoms with van der Waals surface area (Å²) >= 11 is 0. The first-order valence-electron chi connectivity index (χ1n) is 3.55. The van der Waals surface area contributed by atoms with Gasteiger partial charge in [0.1, 0.15) is 0 Å². The average Bonchev–Trinajstić information content (AvgIpc) is 1.88. The lowest BCUT2D eigenvalue weighted by atomic mass is 10.0. The highest BCUT2D eigenvalue weighted by molar-refractivity contribution is 5.81. The molecule has 0 aromatic carbocycles. The van der Waals surface area contributed by atoms with Crippen LogP contribution in [0.2, 0.25) is 0 Å². The Morgan fingerprint density at radius 3 is 2.70 bits per heavy atom. The lowest BCUT2D eigenvalue weighted by Crippen LogP contribution is -2.06. The second-order valence-corrected chi connectivity index (χ2v) is 2.57. The largest absolute Gasteiger partial charge is 0.309 e. The Bertz CT molecular complexity index is 146. The van der Waals surface area contributed by atoms with Crippen molar-refractivity contribution in [3.05, 3.63) is 11.4 Å². The Morgan fingerprint density at radius 2 is 2.30 bits per heavy atom. The van der Waals surface area contributed by atoms with Crippen LogP contribution >= 0.6 is 0 Å². The summed E-state index contributed by atoms with van der Waals surface area (Å²) in [7, 11) is 0. The molecule has 10 heavy (non-hydrogen) atoms. The molecule has 0 rings (SSSR count). The van der Waals surface area contributed by atoms with Gasteiger partial charge in [-0.2, -0.15) is 0 Å². The summed E-state index contributed by atoms with van der Waals surface area (Å²) in [5.41, 5.74) is 0. The molecule has 0 radical (unpaired) electrons. The molecule has 1 unspecified atom stereocenters. The molecule has 1 atom stereocenters. The molecule has 2 heteroatoms. The molecule has 0 N–H and O–H groups in total. The van der Waals surface area contributed by atoms with Gasteiger partial charge in [0.2, 0.25) is 5.78 Å². The number of rotatable bonds is 4. The highest BCUT2D eigenvalue weighted by Crippen LogP contribution is 2.06. The molecule has 0 aliphatic carbocycles. The van der Waals surface area contributed by atoms with E-state index in [4.69, 9.17) is 6.57 Å². The van der Waals surface area contributed by atoms with Gasteiger partial charge in [-0.05, 0) is 5.92 Å². The molecule has 0 aromatic heterocycles. The lowest BCUT2D eigenvalue weighted by molar-refractivity contribution is -0.118. The SMILES string of the molecule is [C-]#[N+]CC(=O)CC(C)CC. The van der Waals surface area contributed by atoms with Gasteiger partial charge in [-0.15, -0.1) is 0 Å². The van der Waals surface area contributed by atoms with Gasteiger partial charge in [0.15, 0.2) is 0 Å². The fourth-order valence-electron chi connectivity index (χ4n) is 0.686. The van der Waals surface area contributed by atoms with E-state index >= 15 is 0 Å². The van der Waals surface area contributed by atoms with Crippen molar-refractivity contribution < 1.29 is 4.79 Å². The predicted molar refractivity (Wildman–Crippen MR) is 40.5 cm³/mol. The second-order valence-electron chi connectivity index (χ2n) is 2.57. The molecule has 0 spiro atoms. The predicted octanol–water partition coefficient (Wildman–Crippen LogP) is 1.91. The molecule has 0 bridgehead atoms. The molecule has 0 aromatic rings. The van der Waals surface area contributed by atoms with E-state index in [-0.39, 0.29) is 12.3 Å². The number of Topliss-reactive ketones (excluding diaryl/α,β-unsaturated/α-hetero) is 1. The normalized spacial score (nSPS) is 12.1. The van der Waals surface area contributed by atoms with Gasteiger partial charge in [-0.1, -0.05) is 20.3 Å². The summed E-state index contributed by atoms with van der Waals surface area (Å²) in [6.45, 7) is 10.6. The first kappa shape index (κ1) is 9.16. The van der Waals surface area contributed by atoms with Crippen LogP contribution in [0.15, 0.2) is 0 Å². The molecule has 2 nitrogen and oxygen atoms in total. The van der Waals surface area contributed by atoms with Crippen molar-refractivity contribution in [3.63, 3.8) is 0 Å². The zero-order valence-electron chi connectivity index (χ0n) is 6.55. The van der Waals surface area contributed by atoms with Crippen molar-refractivity contribution in [2.24, 2.45) is 5.92 Å². The van der Waals surface area contributed by atoms with Crippen LogP contribution in [0.3, 0.4) is 0 Å². The number of hydrogen-bond acceptors (Lipinski definition) is 1. The van der Waals surface area contributed by atoms with Gasteiger partial charge in [0.05, 0.1) is 0 Å². The zero-order chi connectivity index (χ0) is 7.98. The van der Waals surface area contributed by atoms with Crippen LogP contribution in [-0.2, 0) is 4.79 Å². The van der Waals surface area contributed by atoms with Crippen molar-refractivity contribution in [1.29, 1.82) is 0 Å². The van der Waals surface area contributed by atoms with Gasteiger partial charge >= 0.3 is 0 Å². The number of hydrogen-bond donors (Lipinski definition) is 0. The summed E-state index contributed by atoms with van der Waals surface area (Å²) in [5, 5.41) is 0. The summed E-state index contributed by atoms with van der Waals surface area (Å²) in [5.74, 6) is 0.513. The Kier molecular flexibility index (Phi) is 4.57. The topological polar surface area (TPSA) is 21.4 Å². The number of nitrogens with zero attached hydrogens (tertiary/aromatic N) is 1. The number of carbonyl (C=O) groups is 1. The maximum absolute atomic E-state index is 10.8. The zero-order valence-corrected chi connectivity index (χ0v) is 6.55. The van der Waals surface area contributed by atoms with E-state index < -0.39 is 0 Å². The quantitative estimate of drug-likeness (QED) is 0.545. The van der Waals surface area contributed by atoms with Crippen LogP contribution in [0, 0.1) is 12.5 Å². The molecule has 0 heterocycles. The van der Waals surface area contributed by atoms with E-state index in [2.05, 4.69) is 11.8 Å². The van der Waals surface area contributed by atoms with E-state index in [0.717, 1.165) is 6.42 Å². The molecule has 0 saturated heterocycles. The average molecular weight is 139 g/mol. The van der Waals surface area contributed by atoms with E-state index in [0.29, 0.717) is 12.3 Å². The standard InChI is InChI=1S/C8H13NO/c1-4-7(2)5-8(10)6-9-3/h7H,4-6H2,1-2H3. The van der Waals surface area contributed by atoms with Gasteiger partial charge in [0, 0.05) is 6.42 Å². The number of carbonyl (C=O) groups excluding carboxylic acids is 1. The highest BCUT2D eigenvalue weighted by Gasteiger charge is 2.08. The molecular formula is C8H13NO. The molecule has 56 valence electrons. The smallest absolute Gasteiger partial charge is 0.272 e. The van der Waals surface area contributed by atoms with Crippen LogP contribution < -0.4 is 0 Å². The van der Waals surface area contributed by atoms with Crippen LogP contribution in [0.4, 0.5) is 0 Å². The van der Waals surface area contributed by atoms with Crippen LogP contribution in [0.25, 0.3) is 4.85 Å². The van der Waals surface area contributed by atoms with E-state index in [1.54, 1.807) is 0 Å². The third kappa shape index (κ3) is 4.08. The third-order valence-corrected chi connectivity index (χ3v) is 1.53. The minimum absolute atomic E-state index is 0.0599. The molecule has 0 saturated carbocycles. The summed E-state index contributed by atoms with van der Waals surface area (Å²) in [4.78, 5) is 13.8. The molecular weight excluding hydrogens is 126 g/mol. The highest BCUT2D eigenvalue weighted by atomic mass is 16.1. The van der Waals surface area contributed by atoms with Crippen LogP contribution in [-0.4, -0.2) is 12.3 Å². The fourth-order valence-corrected chi connectivity index (χ4v) is 0.686. The fraction of sp³-hybridized carbons (Fsp3) is 0.750. The van der Waals surface area contributed by atoms with Crippen molar-refractivity contribution in [2.45, 2.75) is 26.7 Å². The van der Waals surface area contributed by atoms with E-state index in [1.165, 1.54) is 0 Å². The Balaban J connectivity index is 3.49. The first-order valence-corrected chi connectivity index (χ1v) is 3.55. The van der Waals surface area contributed by atoms with Crippen molar-refractivity contribution in [2.75, 3.05) is 6.54 Å². The molecule has 0 aliphatic heterocycles. The second kappa shape index (κ2) is 4.99. The van der Waals surface area contributed by atoms with Gasteiger partial charge in [-0.3, -0.25) is 4.79 Å². The van der Waals surface area contributed by atoms with Gasteiger partial charge in [-0.25, -0.2) is 6.57 Å². The summed E-state index contributed by atoms with van der Waals surface area (Å²) in [6.07, 6.45) is 1.59. The third-order valence-electron chi connectivity index (χ3n) is 1.53. The molecule has 0 amide bonds. The number of ketones is 1. The Labute approximate surface area is 62.1 Å². The lowest BCUT2D eigenvalue weighted by Gasteiger charge is -2.02. The van der Waals surface area contributed by atoms with Crippen LogP contribution in [0.5, 0.6) is 0 Å². The van der Waals surface area contributed by atoms with Crippen molar-refractivity contribution >= 4 is 5.78 Å². The minimum Gasteiger partial charge on any atom is -0.309 e. The van der Waals surface area contributed by atoms with Crippen LogP contribution in [0.1, 0.15) is 26.7 Å². The van der Waals surface area contributed by atoms with Gasteiger partial charge in [0.25, 0.3) is 6.54 Å². The summed E-state index contributed by atoms with van der Waals surface area (Å²) in [6, 6.07) is 0. The maximum atomic E-state index is 10.8.